The standard InChI is InChI=1S/C5H5BrN2O2/c6-5-8-2-4(10-5)3(9)1-7/h2H,1,7H2. The van der Waals surface area contributed by atoms with Crippen LogP contribution in [0.4, 0.5) is 0 Å². The second-order valence-corrected chi connectivity index (χ2v) is 2.28. The molecule has 2 N–H and O–H groups in total. The number of ketones is 1. The summed E-state index contributed by atoms with van der Waals surface area (Å²) in [6.07, 6.45) is 1.33. The number of nitrogens with two attached hydrogens (primary N) is 1. The maximum atomic E-state index is 10.7. The number of Topliss-reactive ketones (excluding diaryl/α,β-unsaturated/α-hetero) is 1. The van der Waals surface area contributed by atoms with Crippen molar-refractivity contribution in [3.05, 3.63) is 16.8 Å². The van der Waals surface area contributed by atoms with Gasteiger partial charge in [0.15, 0.2) is 5.76 Å². The number of oxazole rings is 1. The Morgan fingerprint density at radius 1 is 1.90 bits per heavy atom. The average molecular weight is 205 g/mol. The lowest BCUT2D eigenvalue weighted by Gasteiger charge is -1.86. The summed E-state index contributed by atoms with van der Waals surface area (Å²) < 4.78 is 4.81. The van der Waals surface area contributed by atoms with Gasteiger partial charge in [-0.25, -0.2) is 4.98 Å². The first-order valence-corrected chi connectivity index (χ1v) is 3.38. The normalized spacial score (nSPS) is 9.80. The number of hydrogen-bond acceptors (Lipinski definition) is 4. The van der Waals surface area contributed by atoms with Crippen molar-refractivity contribution >= 4 is 21.7 Å². The van der Waals surface area contributed by atoms with Crippen LogP contribution in [0.2, 0.25) is 0 Å². The van der Waals surface area contributed by atoms with Crippen LogP contribution >= 0.6 is 15.9 Å². The Balaban J connectivity index is 2.85. The Labute approximate surface area is 65.5 Å². The summed E-state index contributed by atoms with van der Waals surface area (Å²) in [4.78, 5) is 14.7. The van der Waals surface area contributed by atoms with Crippen LogP contribution in [0.25, 0.3) is 0 Å². The van der Waals surface area contributed by atoms with Crippen molar-refractivity contribution in [3.8, 4) is 0 Å². The summed E-state index contributed by atoms with van der Waals surface area (Å²) in [6.45, 7) is -0.0539. The minimum atomic E-state index is -0.252. The minimum Gasteiger partial charge on any atom is -0.428 e. The molecule has 0 aliphatic rings. The first kappa shape index (κ1) is 7.43. The van der Waals surface area contributed by atoms with E-state index in [0.29, 0.717) is 4.80 Å². The predicted molar refractivity (Wildman–Crippen MR) is 37.6 cm³/mol. The summed E-state index contributed by atoms with van der Waals surface area (Å²) in [5.41, 5.74) is 5.06. The van der Waals surface area contributed by atoms with Crippen LogP contribution in [0.5, 0.6) is 0 Å². The molecule has 0 spiro atoms. The molecular weight excluding hydrogens is 200 g/mol. The van der Waals surface area contributed by atoms with E-state index in [0.717, 1.165) is 0 Å². The summed E-state index contributed by atoms with van der Waals surface area (Å²) in [5, 5.41) is 0. The number of carbonyl (C=O) groups excluding carboxylic acids is 1. The fourth-order valence-corrected chi connectivity index (χ4v) is 0.759. The molecule has 10 heavy (non-hydrogen) atoms. The second-order valence-electron chi connectivity index (χ2n) is 1.60. The van der Waals surface area contributed by atoms with Crippen molar-refractivity contribution in [2.75, 3.05) is 6.54 Å². The lowest BCUT2D eigenvalue weighted by atomic mass is 10.3. The highest BCUT2D eigenvalue weighted by molar-refractivity contribution is 9.10. The first-order chi connectivity index (χ1) is 4.74. The molecule has 0 atom stereocenters. The van der Waals surface area contributed by atoms with Gasteiger partial charge in [-0.05, 0) is 0 Å². The number of hydrogen-bond donors (Lipinski definition) is 1. The quantitative estimate of drug-likeness (QED) is 0.716. The Bertz CT molecular complexity index is 246. The number of carbonyl (C=O) groups is 1. The molecule has 0 aromatic carbocycles. The van der Waals surface area contributed by atoms with Gasteiger partial charge in [-0.3, -0.25) is 4.79 Å². The van der Waals surface area contributed by atoms with E-state index in [1.807, 2.05) is 0 Å². The molecule has 1 aromatic rings. The van der Waals surface area contributed by atoms with E-state index in [1.165, 1.54) is 6.20 Å². The third-order valence-corrected chi connectivity index (χ3v) is 1.30. The third-order valence-electron chi connectivity index (χ3n) is 0.938. The number of nitrogens with zero attached hydrogens (tertiary/aromatic N) is 1. The average Bonchev–Trinajstić information content (AvgIpc) is 2.34. The lowest BCUT2D eigenvalue weighted by molar-refractivity contribution is 0.0974. The Hall–Kier alpha value is -0.680. The summed E-state index contributed by atoms with van der Waals surface area (Å²) >= 11 is 2.96. The van der Waals surface area contributed by atoms with Gasteiger partial charge < -0.3 is 10.2 Å². The summed E-state index contributed by atoms with van der Waals surface area (Å²) in [5.74, 6) is -0.0624. The van der Waals surface area contributed by atoms with E-state index in [-0.39, 0.29) is 18.1 Å². The fraction of sp³-hybridized carbons (Fsp3) is 0.200. The van der Waals surface area contributed by atoms with Gasteiger partial charge in [-0.1, -0.05) is 0 Å². The largest absolute Gasteiger partial charge is 0.428 e. The van der Waals surface area contributed by atoms with Crippen LogP contribution in [-0.4, -0.2) is 17.3 Å². The van der Waals surface area contributed by atoms with E-state index in [2.05, 4.69) is 20.9 Å². The smallest absolute Gasteiger partial charge is 0.264 e. The van der Waals surface area contributed by atoms with Crippen LogP contribution in [0, 0.1) is 0 Å². The maximum Gasteiger partial charge on any atom is 0.264 e. The molecule has 0 aliphatic heterocycles. The van der Waals surface area contributed by atoms with Crippen LogP contribution in [0.1, 0.15) is 10.6 Å². The number of halogens is 1. The van der Waals surface area contributed by atoms with E-state index in [1.54, 1.807) is 0 Å². The van der Waals surface area contributed by atoms with Crippen molar-refractivity contribution in [1.29, 1.82) is 0 Å². The lowest BCUT2D eigenvalue weighted by Crippen LogP contribution is -2.12. The molecule has 0 radical (unpaired) electrons. The van der Waals surface area contributed by atoms with E-state index >= 15 is 0 Å². The van der Waals surface area contributed by atoms with Crippen LogP contribution < -0.4 is 5.73 Å². The molecule has 0 fully saturated rings. The number of rotatable bonds is 2. The topological polar surface area (TPSA) is 69.1 Å². The van der Waals surface area contributed by atoms with Gasteiger partial charge in [0.1, 0.15) is 0 Å². The van der Waals surface area contributed by atoms with Gasteiger partial charge in [0, 0.05) is 15.9 Å². The van der Waals surface area contributed by atoms with Crippen molar-refractivity contribution in [2.45, 2.75) is 0 Å². The van der Waals surface area contributed by atoms with Gasteiger partial charge in [-0.15, -0.1) is 0 Å². The molecule has 0 unspecified atom stereocenters. The van der Waals surface area contributed by atoms with Gasteiger partial charge >= 0.3 is 0 Å². The zero-order chi connectivity index (χ0) is 7.56. The monoisotopic (exact) mass is 204 g/mol. The highest BCUT2D eigenvalue weighted by atomic mass is 79.9. The zero-order valence-electron chi connectivity index (χ0n) is 5.00. The van der Waals surface area contributed by atoms with Crippen LogP contribution in [0.15, 0.2) is 15.4 Å². The van der Waals surface area contributed by atoms with Gasteiger partial charge in [0.2, 0.25) is 5.78 Å². The molecule has 0 amide bonds. The second kappa shape index (κ2) is 2.94. The molecule has 1 rings (SSSR count). The highest BCUT2D eigenvalue weighted by Gasteiger charge is 2.07. The minimum absolute atomic E-state index is 0.0539. The molecule has 54 valence electrons. The summed E-state index contributed by atoms with van der Waals surface area (Å²) in [7, 11) is 0. The van der Waals surface area contributed by atoms with Crippen molar-refractivity contribution in [1.82, 2.24) is 4.98 Å². The van der Waals surface area contributed by atoms with E-state index in [9.17, 15) is 4.79 Å². The summed E-state index contributed by atoms with van der Waals surface area (Å²) in [6, 6.07) is 0. The van der Waals surface area contributed by atoms with Crippen molar-refractivity contribution < 1.29 is 9.21 Å². The highest BCUT2D eigenvalue weighted by Crippen LogP contribution is 2.09. The third kappa shape index (κ3) is 1.43. The maximum absolute atomic E-state index is 10.7. The SMILES string of the molecule is NCC(=O)c1cnc(Br)o1. The van der Waals surface area contributed by atoms with E-state index in [4.69, 9.17) is 10.2 Å². The fourth-order valence-electron chi connectivity index (χ4n) is 0.482. The van der Waals surface area contributed by atoms with Crippen molar-refractivity contribution in [2.24, 2.45) is 5.73 Å². The molecule has 1 aromatic heterocycles. The molecular formula is C5H5BrN2O2. The molecule has 5 heteroatoms. The van der Waals surface area contributed by atoms with Crippen molar-refractivity contribution in [3.63, 3.8) is 0 Å². The Morgan fingerprint density at radius 2 is 2.60 bits per heavy atom. The predicted octanol–water partition coefficient (Wildman–Crippen LogP) is 0.578. The molecule has 0 aliphatic carbocycles. The zero-order valence-corrected chi connectivity index (χ0v) is 6.59. The van der Waals surface area contributed by atoms with Gasteiger partial charge in [0.05, 0.1) is 12.7 Å². The molecule has 1 heterocycles. The van der Waals surface area contributed by atoms with Crippen LogP contribution in [0.3, 0.4) is 0 Å². The first-order valence-electron chi connectivity index (χ1n) is 2.58. The molecule has 4 nitrogen and oxygen atoms in total. The van der Waals surface area contributed by atoms with Crippen LogP contribution in [-0.2, 0) is 0 Å². The van der Waals surface area contributed by atoms with Gasteiger partial charge in [0.25, 0.3) is 4.80 Å². The molecule has 0 saturated heterocycles. The molecule has 0 saturated carbocycles. The van der Waals surface area contributed by atoms with Gasteiger partial charge in [-0.2, -0.15) is 0 Å². The molecule has 0 bridgehead atoms. The van der Waals surface area contributed by atoms with E-state index < -0.39 is 0 Å². The Morgan fingerprint density at radius 3 is 3.00 bits per heavy atom. The Kier molecular flexibility index (Phi) is 2.18. The number of aromatic nitrogens is 1.